The van der Waals surface area contributed by atoms with E-state index in [-0.39, 0.29) is 6.17 Å². The molecule has 0 fully saturated rings. The van der Waals surface area contributed by atoms with E-state index < -0.39 is 0 Å². The van der Waals surface area contributed by atoms with Crippen molar-refractivity contribution in [3.05, 3.63) is 75.3 Å². The Balaban J connectivity index is 1.64. The Hall–Kier alpha value is -3.32. The second-order valence-corrected chi connectivity index (χ2v) is 8.45. The summed E-state index contributed by atoms with van der Waals surface area (Å²) in [5, 5.41) is 13.8. The lowest BCUT2D eigenvalue weighted by Crippen LogP contribution is -2.33. The molecule has 2 aliphatic heterocycles. The molecular formula is C25H24Cl2N6. The Morgan fingerprint density at radius 3 is 2.30 bits per heavy atom. The molecule has 2 aliphatic rings. The van der Waals surface area contributed by atoms with Gasteiger partial charge in [-0.1, -0.05) is 29.3 Å². The summed E-state index contributed by atoms with van der Waals surface area (Å²) in [4.78, 5) is 10.1. The molecule has 0 saturated carbocycles. The van der Waals surface area contributed by atoms with Gasteiger partial charge in [0.25, 0.3) is 0 Å². The number of likely N-dealkylation sites (N-methyl/N-ethyl adjacent to an activating group) is 1. The molecule has 0 aromatic heterocycles. The number of allylic oxidation sites excluding steroid dienone is 2. The van der Waals surface area contributed by atoms with Crippen LogP contribution in [0.1, 0.15) is 26.3 Å². The third-order valence-electron chi connectivity index (χ3n) is 5.97. The maximum absolute atomic E-state index is 9.40. The molecule has 2 heterocycles. The van der Waals surface area contributed by atoms with Crippen LogP contribution in [0, 0.1) is 17.9 Å². The predicted molar refractivity (Wildman–Crippen MR) is 138 cm³/mol. The SMILES string of the molecule is [C-]#[N+]c1cc2c(cc1Cl)N(CC)C(C=CC=C1N(CC)c3cc(Cl)c(C#N)cc3N1CC)N2. The van der Waals surface area contributed by atoms with Crippen molar-refractivity contribution in [3.63, 3.8) is 0 Å². The maximum atomic E-state index is 9.40. The zero-order valence-electron chi connectivity index (χ0n) is 18.7. The molecule has 1 unspecified atom stereocenters. The zero-order chi connectivity index (χ0) is 23.7. The summed E-state index contributed by atoms with van der Waals surface area (Å²) in [5.74, 6) is 1.04. The van der Waals surface area contributed by atoms with E-state index in [2.05, 4.69) is 63.9 Å². The van der Waals surface area contributed by atoms with E-state index in [1.54, 1.807) is 6.07 Å². The molecule has 4 rings (SSSR count). The standard InChI is InChI=1S/C25H24Cl2N6/c1-5-31-21-13-18(27)19(29-4)14-20(21)30-24(31)9-8-10-25-32(6-2)22-11-16(15-28)17(26)12-23(22)33(25)7-3/h8-14,24,30H,5-7H2,1-3H3. The quantitative estimate of drug-likeness (QED) is 0.481. The largest absolute Gasteiger partial charge is 0.361 e. The molecule has 0 aliphatic carbocycles. The summed E-state index contributed by atoms with van der Waals surface area (Å²) in [7, 11) is 0. The fraction of sp³-hybridized carbons (Fsp3) is 0.280. The van der Waals surface area contributed by atoms with Gasteiger partial charge in [0.1, 0.15) is 18.1 Å². The number of anilines is 4. The Morgan fingerprint density at radius 1 is 1.03 bits per heavy atom. The summed E-state index contributed by atoms with van der Waals surface area (Å²) >= 11 is 12.6. The Labute approximate surface area is 204 Å². The van der Waals surface area contributed by atoms with Crippen molar-refractivity contribution in [1.29, 1.82) is 5.26 Å². The highest BCUT2D eigenvalue weighted by molar-refractivity contribution is 6.34. The van der Waals surface area contributed by atoms with E-state index in [1.165, 1.54) is 0 Å². The first-order valence-electron chi connectivity index (χ1n) is 10.9. The molecule has 33 heavy (non-hydrogen) atoms. The van der Waals surface area contributed by atoms with Gasteiger partial charge in [0.2, 0.25) is 5.69 Å². The van der Waals surface area contributed by atoms with E-state index in [1.807, 2.05) is 24.3 Å². The first-order valence-corrected chi connectivity index (χ1v) is 11.6. The van der Waals surface area contributed by atoms with E-state index in [9.17, 15) is 5.26 Å². The topological polar surface area (TPSA) is 49.9 Å². The van der Waals surface area contributed by atoms with Gasteiger partial charge in [-0.05, 0) is 57.2 Å². The smallest absolute Gasteiger partial charge is 0.207 e. The fourth-order valence-electron chi connectivity index (χ4n) is 4.45. The number of nitriles is 1. The normalized spacial score (nSPS) is 17.8. The molecule has 0 spiro atoms. The van der Waals surface area contributed by atoms with Gasteiger partial charge in [0.05, 0.1) is 34.2 Å². The van der Waals surface area contributed by atoms with E-state index in [0.29, 0.717) is 21.3 Å². The third-order valence-corrected chi connectivity index (χ3v) is 6.58. The van der Waals surface area contributed by atoms with Crippen LogP contribution >= 0.6 is 23.2 Å². The first kappa shape index (κ1) is 22.9. The number of nitrogens with one attached hydrogen (secondary N) is 1. The summed E-state index contributed by atoms with van der Waals surface area (Å²) in [5.41, 5.74) is 4.82. The van der Waals surface area contributed by atoms with Crippen molar-refractivity contribution in [2.75, 3.05) is 39.7 Å². The number of hydrogen-bond donors (Lipinski definition) is 1. The minimum absolute atomic E-state index is 0.0486. The first-order chi connectivity index (χ1) is 16.0. The lowest BCUT2D eigenvalue weighted by Gasteiger charge is -2.24. The van der Waals surface area contributed by atoms with Crippen molar-refractivity contribution in [2.45, 2.75) is 26.9 Å². The van der Waals surface area contributed by atoms with E-state index in [4.69, 9.17) is 29.8 Å². The molecule has 0 bridgehead atoms. The number of halogens is 2. The molecule has 8 heteroatoms. The number of hydrogen-bond acceptors (Lipinski definition) is 5. The highest BCUT2D eigenvalue weighted by Gasteiger charge is 2.31. The van der Waals surface area contributed by atoms with Crippen molar-refractivity contribution >= 4 is 51.6 Å². The summed E-state index contributed by atoms with van der Waals surface area (Å²) in [6, 6.07) is 9.58. The van der Waals surface area contributed by atoms with Gasteiger partial charge in [-0.2, -0.15) is 5.26 Å². The Morgan fingerprint density at radius 2 is 1.70 bits per heavy atom. The van der Waals surface area contributed by atoms with Crippen molar-refractivity contribution in [2.24, 2.45) is 0 Å². The summed E-state index contributed by atoms with van der Waals surface area (Å²) in [6.45, 7) is 15.9. The molecule has 0 radical (unpaired) electrons. The number of nitrogens with zero attached hydrogens (tertiary/aromatic N) is 5. The number of benzene rings is 2. The van der Waals surface area contributed by atoms with Crippen LogP contribution in [-0.2, 0) is 0 Å². The number of rotatable bonds is 5. The van der Waals surface area contributed by atoms with Crippen molar-refractivity contribution in [1.82, 2.24) is 0 Å². The molecule has 0 amide bonds. The minimum Gasteiger partial charge on any atom is -0.361 e. The molecule has 2 aromatic rings. The average Bonchev–Trinajstić information content (AvgIpc) is 3.30. The second kappa shape index (κ2) is 9.27. The minimum atomic E-state index is -0.0486. The molecule has 168 valence electrons. The fourth-order valence-corrected chi connectivity index (χ4v) is 4.85. The van der Waals surface area contributed by atoms with Gasteiger partial charge >= 0.3 is 0 Å². The van der Waals surface area contributed by atoms with Crippen molar-refractivity contribution < 1.29 is 0 Å². The van der Waals surface area contributed by atoms with Gasteiger partial charge in [0, 0.05) is 30.3 Å². The highest BCUT2D eigenvalue weighted by atomic mass is 35.5. The van der Waals surface area contributed by atoms with Crippen LogP contribution < -0.4 is 20.0 Å². The van der Waals surface area contributed by atoms with Gasteiger partial charge < -0.3 is 20.0 Å². The zero-order valence-corrected chi connectivity index (χ0v) is 20.2. The average molecular weight is 479 g/mol. The van der Waals surface area contributed by atoms with Crippen molar-refractivity contribution in [3.8, 4) is 6.07 Å². The summed E-state index contributed by atoms with van der Waals surface area (Å²) < 4.78 is 0. The lowest BCUT2D eigenvalue weighted by molar-refractivity contribution is 0.804. The summed E-state index contributed by atoms with van der Waals surface area (Å²) in [6.07, 6.45) is 6.18. The van der Waals surface area contributed by atoms with Gasteiger partial charge in [0.15, 0.2) is 0 Å². The molecule has 0 saturated heterocycles. The van der Waals surface area contributed by atoms with E-state index >= 15 is 0 Å². The van der Waals surface area contributed by atoms with Crippen LogP contribution in [0.15, 0.2) is 48.3 Å². The third kappa shape index (κ3) is 3.86. The monoisotopic (exact) mass is 478 g/mol. The second-order valence-electron chi connectivity index (χ2n) is 7.64. The van der Waals surface area contributed by atoms with Crippen LogP contribution in [0.3, 0.4) is 0 Å². The molecular weight excluding hydrogens is 455 g/mol. The van der Waals surface area contributed by atoms with Crippen LogP contribution in [0.2, 0.25) is 10.0 Å². The van der Waals surface area contributed by atoms with Crippen LogP contribution in [-0.4, -0.2) is 25.8 Å². The Bertz CT molecular complexity index is 1240. The van der Waals surface area contributed by atoms with Gasteiger partial charge in [-0.3, -0.25) is 0 Å². The predicted octanol–water partition coefficient (Wildman–Crippen LogP) is 6.76. The van der Waals surface area contributed by atoms with Gasteiger partial charge in [-0.15, -0.1) is 0 Å². The lowest BCUT2D eigenvalue weighted by atomic mass is 10.2. The van der Waals surface area contributed by atoms with Gasteiger partial charge in [-0.25, -0.2) is 4.85 Å². The Kier molecular flexibility index (Phi) is 6.42. The maximum Gasteiger partial charge on any atom is 0.207 e. The number of fused-ring (bicyclic) bond motifs is 2. The van der Waals surface area contributed by atoms with Crippen LogP contribution in [0.25, 0.3) is 4.85 Å². The molecule has 1 N–H and O–H groups in total. The van der Waals surface area contributed by atoms with Crippen LogP contribution in [0.5, 0.6) is 0 Å². The van der Waals surface area contributed by atoms with E-state index in [0.717, 1.165) is 48.2 Å². The molecule has 6 nitrogen and oxygen atoms in total. The van der Waals surface area contributed by atoms with Crippen LogP contribution in [0.4, 0.5) is 28.4 Å². The highest BCUT2D eigenvalue weighted by Crippen LogP contribution is 2.44. The molecule has 2 aromatic carbocycles. The molecule has 1 atom stereocenters.